The molecule has 0 bridgehead atoms. The Morgan fingerprint density at radius 2 is 1.86 bits per heavy atom. The minimum absolute atomic E-state index is 0.0364. The first-order valence-corrected chi connectivity index (χ1v) is 8.74. The Balaban J connectivity index is 1.68. The summed E-state index contributed by atoms with van der Waals surface area (Å²) in [6, 6.07) is 15.6. The fourth-order valence-corrected chi connectivity index (χ4v) is 3.26. The molecule has 2 aromatic carbocycles. The zero-order valence-corrected chi connectivity index (χ0v) is 14.8. The second-order valence-corrected chi connectivity index (χ2v) is 6.57. The number of aromatic nitrogens is 2. The highest BCUT2D eigenvalue weighted by Gasteiger charge is 2.27. The number of benzene rings is 2. The van der Waals surface area contributed by atoms with Crippen LogP contribution in [0, 0.1) is 0 Å². The van der Waals surface area contributed by atoms with E-state index in [0.717, 1.165) is 15.7 Å². The van der Waals surface area contributed by atoms with Gasteiger partial charge in [-0.3, -0.25) is 14.3 Å². The van der Waals surface area contributed by atoms with Crippen molar-refractivity contribution in [1.82, 2.24) is 15.0 Å². The number of phenolic OH excluding ortho intramolecular Hbond substituents is 1. The van der Waals surface area contributed by atoms with Gasteiger partial charge in [-0.25, -0.2) is 4.79 Å². The Bertz CT molecular complexity index is 1160. The maximum absolute atomic E-state index is 12.4. The zero-order valence-electron chi connectivity index (χ0n) is 14.8. The minimum Gasteiger partial charge on any atom is -0.508 e. The molecule has 8 nitrogen and oxygen atoms in total. The van der Waals surface area contributed by atoms with E-state index in [1.54, 1.807) is 18.2 Å². The van der Waals surface area contributed by atoms with Crippen LogP contribution in [0.25, 0.3) is 0 Å². The van der Waals surface area contributed by atoms with Crippen LogP contribution in [0.3, 0.4) is 0 Å². The summed E-state index contributed by atoms with van der Waals surface area (Å²) in [5, 5.41) is 24.5. The van der Waals surface area contributed by atoms with E-state index in [1.165, 1.54) is 0 Å². The number of aromatic amines is 1. The van der Waals surface area contributed by atoms with Crippen LogP contribution in [-0.2, 0) is 6.54 Å². The number of aromatic hydroxyl groups is 2. The van der Waals surface area contributed by atoms with Crippen LogP contribution in [-0.4, -0.2) is 25.5 Å². The fraction of sp³-hybridized carbons (Fsp3) is 0.150. The lowest BCUT2D eigenvalue weighted by Crippen LogP contribution is -2.34. The van der Waals surface area contributed by atoms with Crippen molar-refractivity contribution in [2.45, 2.75) is 19.0 Å². The molecular formula is C20H18N4O4. The van der Waals surface area contributed by atoms with Gasteiger partial charge in [-0.15, -0.1) is 0 Å². The molecule has 1 atom stereocenters. The number of rotatable bonds is 4. The summed E-state index contributed by atoms with van der Waals surface area (Å²) in [5.74, 6) is -0.292. The Morgan fingerprint density at radius 1 is 1.07 bits per heavy atom. The molecule has 0 aliphatic carbocycles. The first kappa shape index (κ1) is 17.6. The number of nitrogens with zero attached hydrogens (tertiary/aromatic N) is 2. The van der Waals surface area contributed by atoms with Gasteiger partial charge < -0.3 is 15.6 Å². The van der Waals surface area contributed by atoms with Gasteiger partial charge in [-0.1, -0.05) is 42.5 Å². The predicted molar refractivity (Wildman–Crippen MR) is 104 cm³/mol. The van der Waals surface area contributed by atoms with Crippen LogP contribution < -0.4 is 16.7 Å². The molecule has 4 N–H and O–H groups in total. The van der Waals surface area contributed by atoms with Crippen LogP contribution in [0.4, 0.5) is 0 Å². The zero-order chi connectivity index (χ0) is 19.7. The molecule has 4 rings (SSSR count). The van der Waals surface area contributed by atoms with E-state index in [4.69, 9.17) is 0 Å². The summed E-state index contributed by atoms with van der Waals surface area (Å²) in [6.45, 7) is 0.117. The van der Waals surface area contributed by atoms with Crippen molar-refractivity contribution in [1.29, 1.82) is 0 Å². The van der Waals surface area contributed by atoms with Gasteiger partial charge in [0.2, 0.25) is 5.88 Å². The van der Waals surface area contributed by atoms with E-state index >= 15 is 0 Å². The Labute approximate surface area is 159 Å². The summed E-state index contributed by atoms with van der Waals surface area (Å²) >= 11 is 0. The largest absolute Gasteiger partial charge is 0.508 e. The number of hydrazone groups is 1. The van der Waals surface area contributed by atoms with Crippen LogP contribution in [0.5, 0.6) is 11.6 Å². The molecule has 0 saturated carbocycles. The van der Waals surface area contributed by atoms with Crippen LogP contribution in [0.15, 0.2) is 69.3 Å². The van der Waals surface area contributed by atoms with E-state index in [-0.39, 0.29) is 23.9 Å². The second kappa shape index (κ2) is 7.07. The van der Waals surface area contributed by atoms with Crippen molar-refractivity contribution in [3.05, 3.63) is 92.1 Å². The molecule has 1 aliphatic rings. The molecule has 0 amide bonds. The first-order chi connectivity index (χ1) is 13.5. The minimum atomic E-state index is -0.691. The lowest BCUT2D eigenvalue weighted by Gasteiger charge is -2.12. The highest BCUT2D eigenvalue weighted by Crippen LogP contribution is 2.27. The molecule has 142 valence electrons. The van der Waals surface area contributed by atoms with E-state index < -0.39 is 17.1 Å². The summed E-state index contributed by atoms with van der Waals surface area (Å²) < 4.78 is 1.11. The average molecular weight is 378 g/mol. The number of nitrogens with one attached hydrogen (secondary N) is 2. The van der Waals surface area contributed by atoms with Crippen LogP contribution in [0.1, 0.15) is 29.2 Å². The van der Waals surface area contributed by atoms with Gasteiger partial charge in [0.15, 0.2) is 0 Å². The average Bonchev–Trinajstić information content (AvgIpc) is 3.15. The van der Waals surface area contributed by atoms with E-state index in [2.05, 4.69) is 15.5 Å². The quantitative estimate of drug-likeness (QED) is 0.548. The Hall–Kier alpha value is -3.81. The monoisotopic (exact) mass is 378 g/mol. The topological polar surface area (TPSA) is 120 Å². The number of hydrogen-bond acceptors (Lipinski definition) is 6. The first-order valence-electron chi connectivity index (χ1n) is 8.74. The smallest absolute Gasteiger partial charge is 0.331 e. The van der Waals surface area contributed by atoms with Crippen molar-refractivity contribution < 1.29 is 10.2 Å². The summed E-state index contributed by atoms with van der Waals surface area (Å²) in [6.07, 6.45) is 0.323. The van der Waals surface area contributed by atoms with Gasteiger partial charge >= 0.3 is 5.69 Å². The van der Waals surface area contributed by atoms with Crippen molar-refractivity contribution in [3.63, 3.8) is 0 Å². The van der Waals surface area contributed by atoms with Gasteiger partial charge in [0.05, 0.1) is 18.3 Å². The van der Waals surface area contributed by atoms with Gasteiger partial charge in [-0.2, -0.15) is 5.10 Å². The van der Waals surface area contributed by atoms with Crippen molar-refractivity contribution in [2.24, 2.45) is 5.10 Å². The fourth-order valence-electron chi connectivity index (χ4n) is 3.26. The normalized spacial score (nSPS) is 15.9. The molecule has 2 heterocycles. The van der Waals surface area contributed by atoms with Crippen molar-refractivity contribution >= 4 is 5.71 Å². The molecule has 0 saturated heterocycles. The molecule has 1 aromatic heterocycles. The van der Waals surface area contributed by atoms with Crippen molar-refractivity contribution in [2.75, 3.05) is 0 Å². The third-order valence-electron chi connectivity index (χ3n) is 4.67. The summed E-state index contributed by atoms with van der Waals surface area (Å²) in [7, 11) is 0. The lowest BCUT2D eigenvalue weighted by atomic mass is 10.00. The maximum Gasteiger partial charge on any atom is 0.331 e. The maximum atomic E-state index is 12.4. The summed E-state index contributed by atoms with van der Waals surface area (Å²) in [5.41, 5.74) is 3.44. The molecule has 28 heavy (non-hydrogen) atoms. The SMILES string of the molecule is O=c1[nH]c(=O)n(Cc2ccccc2)c(O)c1C1=NNC(c2cccc(O)c2)C1. The molecule has 1 unspecified atom stereocenters. The number of hydrogen-bond donors (Lipinski definition) is 4. The molecule has 0 spiro atoms. The molecule has 0 fully saturated rings. The molecule has 8 heteroatoms. The number of H-pyrrole nitrogens is 1. The summed E-state index contributed by atoms with van der Waals surface area (Å²) in [4.78, 5) is 26.8. The van der Waals surface area contributed by atoms with Crippen LogP contribution in [0.2, 0.25) is 0 Å². The Morgan fingerprint density at radius 3 is 2.61 bits per heavy atom. The second-order valence-electron chi connectivity index (χ2n) is 6.57. The predicted octanol–water partition coefficient (Wildman–Crippen LogP) is 1.43. The highest BCUT2D eigenvalue weighted by atomic mass is 16.3. The molecule has 1 aliphatic heterocycles. The van der Waals surface area contributed by atoms with E-state index in [1.807, 2.05) is 36.4 Å². The molecule has 3 aromatic rings. The molecular weight excluding hydrogens is 360 g/mol. The van der Waals surface area contributed by atoms with Crippen molar-refractivity contribution in [3.8, 4) is 11.6 Å². The number of phenols is 1. The van der Waals surface area contributed by atoms with E-state index in [9.17, 15) is 19.8 Å². The standard InChI is InChI=1S/C20H18N4O4/c25-14-8-4-7-13(9-14)15-10-16(23-22-15)17-18(26)21-20(28)24(19(17)27)11-12-5-2-1-3-6-12/h1-9,15,22,25,27H,10-11H2,(H,21,26,28). The Kier molecular flexibility index (Phi) is 4.44. The van der Waals surface area contributed by atoms with Gasteiger partial charge in [0.1, 0.15) is 11.3 Å². The third-order valence-corrected chi connectivity index (χ3v) is 4.67. The van der Waals surface area contributed by atoms with Gasteiger partial charge in [0, 0.05) is 6.42 Å². The lowest BCUT2D eigenvalue weighted by molar-refractivity contribution is 0.408. The van der Waals surface area contributed by atoms with Gasteiger partial charge in [-0.05, 0) is 23.3 Å². The van der Waals surface area contributed by atoms with Gasteiger partial charge in [0.25, 0.3) is 5.56 Å². The third kappa shape index (κ3) is 3.27. The molecule has 0 radical (unpaired) electrons. The highest BCUT2D eigenvalue weighted by molar-refractivity contribution is 6.03. The van der Waals surface area contributed by atoms with E-state index in [0.29, 0.717) is 12.1 Å². The van der Waals surface area contributed by atoms with Crippen LogP contribution >= 0.6 is 0 Å².